The molecule has 0 aromatic heterocycles. The molecule has 1 aromatic rings. The van der Waals surface area contributed by atoms with Crippen molar-refractivity contribution in [2.45, 2.75) is 23.8 Å². The van der Waals surface area contributed by atoms with E-state index in [-0.39, 0.29) is 5.82 Å². The van der Waals surface area contributed by atoms with Crippen molar-refractivity contribution >= 4 is 11.8 Å². The largest absolute Gasteiger partial charge is 0.314 e. The maximum Gasteiger partial charge on any atom is 0.136 e. The van der Waals surface area contributed by atoms with Gasteiger partial charge in [0.25, 0.3) is 0 Å². The number of nitrogens with zero attached hydrogens (tertiary/aromatic N) is 1. The molecule has 2 N–H and O–H groups in total. The van der Waals surface area contributed by atoms with Crippen molar-refractivity contribution in [1.82, 2.24) is 0 Å². The summed E-state index contributed by atoms with van der Waals surface area (Å²) in [5, 5.41) is 8.69. The zero-order chi connectivity index (χ0) is 11.3. The van der Waals surface area contributed by atoms with E-state index in [2.05, 4.69) is 0 Å². The lowest BCUT2D eigenvalue weighted by Gasteiger charge is -2.14. The van der Waals surface area contributed by atoms with E-state index >= 15 is 0 Å². The zero-order valence-corrected chi connectivity index (χ0v) is 9.35. The number of rotatable bonds is 4. The Morgan fingerprint density at radius 2 is 2.20 bits per heavy atom. The summed E-state index contributed by atoms with van der Waals surface area (Å²) in [7, 11) is 0. The van der Waals surface area contributed by atoms with E-state index in [0.29, 0.717) is 17.1 Å². The summed E-state index contributed by atoms with van der Waals surface area (Å²) in [6.07, 6.45) is 0.544. The summed E-state index contributed by atoms with van der Waals surface area (Å²) < 4.78 is 13.2. The number of nitriles is 1. The Balaban J connectivity index is 2.46. The van der Waals surface area contributed by atoms with Gasteiger partial charge in [-0.05, 0) is 25.5 Å². The number of thioether (sulfide) groups is 1. The van der Waals surface area contributed by atoms with Crippen LogP contribution in [0.5, 0.6) is 0 Å². The third kappa shape index (κ3) is 3.90. The van der Waals surface area contributed by atoms with Gasteiger partial charge in [0.2, 0.25) is 0 Å². The van der Waals surface area contributed by atoms with Gasteiger partial charge in [-0.25, -0.2) is 4.39 Å². The first-order valence-corrected chi connectivity index (χ1v) is 5.61. The molecule has 0 radical (unpaired) electrons. The van der Waals surface area contributed by atoms with Crippen molar-refractivity contribution in [3.8, 4) is 6.07 Å². The molecule has 0 fully saturated rings. The normalized spacial score (nSPS) is 14.3. The number of halogens is 1. The van der Waals surface area contributed by atoms with Crippen LogP contribution in [0.4, 0.5) is 4.39 Å². The molecule has 0 saturated carbocycles. The first kappa shape index (κ1) is 12.0. The molecule has 2 nitrogen and oxygen atoms in total. The lowest BCUT2D eigenvalue weighted by atomic mass is 10.0. The first-order chi connectivity index (χ1) is 7.05. The van der Waals surface area contributed by atoms with Gasteiger partial charge in [-0.15, -0.1) is 11.8 Å². The molecule has 15 heavy (non-hydrogen) atoms. The summed E-state index contributed by atoms with van der Waals surface area (Å²) in [6, 6.07) is 8.60. The highest BCUT2D eigenvalue weighted by Gasteiger charge is 2.16. The highest BCUT2D eigenvalue weighted by molar-refractivity contribution is 7.99. The Morgan fingerprint density at radius 1 is 1.53 bits per heavy atom. The predicted octanol–water partition coefficient (Wildman–Crippen LogP) is 2.55. The fourth-order valence-electron chi connectivity index (χ4n) is 0.991. The van der Waals surface area contributed by atoms with Crippen molar-refractivity contribution in [1.29, 1.82) is 5.26 Å². The Kier molecular flexibility index (Phi) is 4.13. The second kappa shape index (κ2) is 5.15. The lowest BCUT2D eigenvalue weighted by molar-refractivity contribution is 0.581. The van der Waals surface area contributed by atoms with Crippen molar-refractivity contribution < 1.29 is 4.39 Å². The minimum Gasteiger partial charge on any atom is -0.314 e. The SMILES string of the molecule is CC(N)(C#N)CCSc1ccccc1F. The number of benzene rings is 1. The van der Waals surface area contributed by atoms with E-state index in [1.54, 1.807) is 25.1 Å². The topological polar surface area (TPSA) is 49.8 Å². The Labute approximate surface area is 93.3 Å². The molecule has 0 aliphatic rings. The summed E-state index contributed by atoms with van der Waals surface area (Å²) in [5.41, 5.74) is 4.83. The van der Waals surface area contributed by atoms with Gasteiger partial charge in [0, 0.05) is 10.6 Å². The van der Waals surface area contributed by atoms with Crippen molar-refractivity contribution in [2.75, 3.05) is 5.75 Å². The Bertz CT molecular complexity index is 371. The molecular weight excluding hydrogens is 211 g/mol. The van der Waals surface area contributed by atoms with Crippen LogP contribution in [0.15, 0.2) is 29.2 Å². The van der Waals surface area contributed by atoms with Gasteiger partial charge in [0.05, 0.1) is 6.07 Å². The first-order valence-electron chi connectivity index (χ1n) is 4.62. The molecule has 80 valence electrons. The fraction of sp³-hybridized carbons (Fsp3) is 0.364. The maximum absolute atomic E-state index is 13.2. The molecule has 0 aliphatic heterocycles. The van der Waals surface area contributed by atoms with Gasteiger partial charge in [-0.2, -0.15) is 5.26 Å². The van der Waals surface area contributed by atoms with Crippen LogP contribution in [0, 0.1) is 17.1 Å². The predicted molar refractivity (Wildman–Crippen MR) is 59.9 cm³/mol. The van der Waals surface area contributed by atoms with E-state index in [1.807, 2.05) is 6.07 Å². The van der Waals surface area contributed by atoms with E-state index in [4.69, 9.17) is 11.0 Å². The Morgan fingerprint density at radius 3 is 2.80 bits per heavy atom. The van der Waals surface area contributed by atoms with Crippen LogP contribution in [-0.4, -0.2) is 11.3 Å². The summed E-state index contributed by atoms with van der Waals surface area (Å²) in [4.78, 5) is 0.603. The van der Waals surface area contributed by atoms with Crippen LogP contribution in [0.2, 0.25) is 0 Å². The average molecular weight is 224 g/mol. The average Bonchev–Trinajstić information content (AvgIpc) is 2.21. The van der Waals surface area contributed by atoms with Crippen LogP contribution in [0.25, 0.3) is 0 Å². The molecule has 4 heteroatoms. The Hall–Kier alpha value is -1.05. The van der Waals surface area contributed by atoms with Crippen LogP contribution in [0.3, 0.4) is 0 Å². The molecular formula is C11H13FN2S. The standard InChI is InChI=1S/C11H13FN2S/c1-11(14,8-13)6-7-15-10-5-3-2-4-9(10)12/h2-5H,6-7,14H2,1H3. The molecule has 1 rings (SSSR count). The molecule has 0 heterocycles. The van der Waals surface area contributed by atoms with Gasteiger partial charge >= 0.3 is 0 Å². The monoisotopic (exact) mass is 224 g/mol. The molecule has 1 atom stereocenters. The molecule has 1 unspecified atom stereocenters. The summed E-state index contributed by atoms with van der Waals surface area (Å²) >= 11 is 1.38. The minimum atomic E-state index is -0.821. The van der Waals surface area contributed by atoms with Gasteiger partial charge in [0.15, 0.2) is 0 Å². The van der Waals surface area contributed by atoms with Crippen LogP contribution >= 0.6 is 11.8 Å². The molecule has 0 saturated heterocycles. The molecule has 0 aliphatic carbocycles. The zero-order valence-electron chi connectivity index (χ0n) is 8.53. The third-order valence-corrected chi connectivity index (χ3v) is 3.02. The van der Waals surface area contributed by atoms with Gasteiger partial charge in [-0.1, -0.05) is 12.1 Å². The number of hydrogen-bond donors (Lipinski definition) is 1. The van der Waals surface area contributed by atoms with Crippen LogP contribution in [0.1, 0.15) is 13.3 Å². The van der Waals surface area contributed by atoms with E-state index in [1.165, 1.54) is 17.8 Å². The van der Waals surface area contributed by atoms with Crippen LogP contribution in [-0.2, 0) is 0 Å². The second-order valence-electron chi connectivity index (χ2n) is 3.56. The van der Waals surface area contributed by atoms with Crippen molar-refractivity contribution in [3.05, 3.63) is 30.1 Å². The second-order valence-corrected chi connectivity index (χ2v) is 4.69. The lowest BCUT2D eigenvalue weighted by Crippen LogP contribution is -2.34. The van der Waals surface area contributed by atoms with E-state index < -0.39 is 5.54 Å². The summed E-state index contributed by atoms with van der Waals surface area (Å²) in [5.74, 6) is 0.416. The smallest absolute Gasteiger partial charge is 0.136 e. The fourth-order valence-corrected chi connectivity index (χ4v) is 2.12. The van der Waals surface area contributed by atoms with Crippen LogP contribution < -0.4 is 5.73 Å². The summed E-state index contributed by atoms with van der Waals surface area (Å²) in [6.45, 7) is 1.68. The molecule has 1 aromatic carbocycles. The highest BCUT2D eigenvalue weighted by atomic mass is 32.2. The van der Waals surface area contributed by atoms with Gasteiger partial charge in [-0.3, -0.25) is 0 Å². The quantitative estimate of drug-likeness (QED) is 0.799. The molecule has 0 spiro atoms. The maximum atomic E-state index is 13.2. The molecule has 0 bridgehead atoms. The number of hydrogen-bond acceptors (Lipinski definition) is 3. The minimum absolute atomic E-state index is 0.224. The molecule has 0 amide bonds. The highest BCUT2D eigenvalue weighted by Crippen LogP contribution is 2.23. The van der Waals surface area contributed by atoms with Gasteiger partial charge < -0.3 is 5.73 Å². The van der Waals surface area contributed by atoms with Crippen molar-refractivity contribution in [3.63, 3.8) is 0 Å². The van der Waals surface area contributed by atoms with Crippen molar-refractivity contribution in [2.24, 2.45) is 5.73 Å². The van der Waals surface area contributed by atoms with Gasteiger partial charge in [0.1, 0.15) is 11.4 Å². The third-order valence-electron chi connectivity index (χ3n) is 1.97. The van der Waals surface area contributed by atoms with E-state index in [9.17, 15) is 4.39 Å². The number of nitrogens with two attached hydrogens (primary N) is 1. The van der Waals surface area contributed by atoms with E-state index in [0.717, 1.165) is 0 Å².